The highest BCUT2D eigenvalue weighted by atomic mass is 31.1. The van der Waals surface area contributed by atoms with Gasteiger partial charge in [-0.25, -0.2) is 0 Å². The second-order valence-corrected chi connectivity index (χ2v) is 8.96. The minimum atomic E-state index is -0.273. The molecule has 0 saturated heterocycles. The van der Waals surface area contributed by atoms with E-state index in [2.05, 4.69) is 13.8 Å². The highest BCUT2D eigenvalue weighted by molar-refractivity contribution is 7.48. The molecule has 0 aliphatic rings. The smallest absolute Gasteiger partial charge is 0.188 e. The molecule has 0 saturated carbocycles. The number of ether oxygens (including phenoxy) is 4. The van der Waals surface area contributed by atoms with E-state index in [1.807, 2.05) is 36.4 Å². The van der Waals surface area contributed by atoms with Crippen LogP contribution in [-0.4, -0.2) is 33.9 Å². The normalized spacial score (nSPS) is 13.3. The van der Waals surface area contributed by atoms with Gasteiger partial charge in [0, 0.05) is 29.5 Å². The van der Waals surface area contributed by atoms with Crippen molar-refractivity contribution in [3.8, 4) is 17.2 Å². The van der Waals surface area contributed by atoms with Gasteiger partial charge in [0.1, 0.15) is 5.75 Å². The lowest BCUT2D eigenvalue weighted by atomic mass is 9.93. The number of hydrogen-bond donors (Lipinski definition) is 0. The van der Waals surface area contributed by atoms with Gasteiger partial charge in [0.25, 0.3) is 0 Å². The number of Topliss-reactive ketones (excluding diaryl/α,β-unsaturated/α-hetero) is 1. The molecule has 0 heterocycles. The van der Waals surface area contributed by atoms with Gasteiger partial charge >= 0.3 is 0 Å². The predicted octanol–water partition coefficient (Wildman–Crippen LogP) is 4.91. The summed E-state index contributed by atoms with van der Waals surface area (Å²) in [4.78, 5) is 12.2. The summed E-state index contributed by atoms with van der Waals surface area (Å²) in [7, 11) is 5.21. The fraction of sp³-hybridized carbons (Fsp3) is 0.435. The van der Waals surface area contributed by atoms with E-state index in [9.17, 15) is 4.79 Å². The zero-order valence-electron chi connectivity index (χ0n) is 18.1. The number of benzene rings is 2. The zero-order chi connectivity index (χ0) is 21.4. The molecule has 2 rings (SSSR count). The van der Waals surface area contributed by atoms with Crippen LogP contribution in [0.15, 0.2) is 36.4 Å². The highest BCUT2D eigenvalue weighted by Crippen LogP contribution is 2.52. The number of hydrogen-bond acceptors (Lipinski definition) is 5. The van der Waals surface area contributed by atoms with Crippen LogP contribution in [0.2, 0.25) is 0 Å². The average molecular weight is 418 g/mol. The summed E-state index contributed by atoms with van der Waals surface area (Å²) in [5.74, 6) is 2.03. The average Bonchev–Trinajstić information content (AvgIpc) is 2.71. The molecule has 0 aliphatic carbocycles. The topological polar surface area (TPSA) is 54.0 Å². The Bertz CT molecular complexity index is 836. The van der Waals surface area contributed by atoms with Gasteiger partial charge in [-0.15, -0.1) is 0 Å². The number of methoxy groups -OCH3 is 3. The summed E-state index contributed by atoms with van der Waals surface area (Å²) in [6.45, 7) is 6.10. The van der Waals surface area contributed by atoms with Gasteiger partial charge in [-0.3, -0.25) is 4.79 Å². The molecule has 0 amide bonds. The second kappa shape index (κ2) is 10.6. The monoisotopic (exact) mass is 418 g/mol. The van der Waals surface area contributed by atoms with Gasteiger partial charge in [0.15, 0.2) is 24.1 Å². The molecule has 0 fully saturated rings. The van der Waals surface area contributed by atoms with Crippen molar-refractivity contribution in [3.63, 3.8) is 0 Å². The molecular weight excluding hydrogens is 387 g/mol. The third-order valence-corrected chi connectivity index (χ3v) is 6.64. The first-order chi connectivity index (χ1) is 13.9. The summed E-state index contributed by atoms with van der Waals surface area (Å²) in [6.07, 6.45) is 1.90. The molecule has 0 bridgehead atoms. The minimum absolute atomic E-state index is 0.0750. The Balaban J connectivity index is 2.65. The lowest BCUT2D eigenvalue weighted by molar-refractivity contribution is 0.0479. The molecule has 6 heteroatoms. The Hall–Kier alpha value is -2.10. The Morgan fingerprint density at radius 3 is 2.41 bits per heavy atom. The van der Waals surface area contributed by atoms with Crippen molar-refractivity contribution in [2.45, 2.75) is 38.8 Å². The first-order valence-electron chi connectivity index (χ1n) is 9.66. The Labute approximate surface area is 175 Å². The van der Waals surface area contributed by atoms with Crippen LogP contribution in [0.4, 0.5) is 0 Å². The third-order valence-electron chi connectivity index (χ3n) is 4.87. The maximum Gasteiger partial charge on any atom is 0.188 e. The first kappa shape index (κ1) is 23.2. The number of rotatable bonds is 11. The van der Waals surface area contributed by atoms with Crippen molar-refractivity contribution < 1.29 is 23.7 Å². The van der Waals surface area contributed by atoms with Gasteiger partial charge in [-0.05, 0) is 24.7 Å². The van der Waals surface area contributed by atoms with Crippen LogP contribution < -0.4 is 19.5 Å². The van der Waals surface area contributed by atoms with E-state index in [0.717, 1.165) is 29.3 Å². The Morgan fingerprint density at radius 1 is 1.10 bits per heavy atom. The van der Waals surface area contributed by atoms with E-state index in [0.29, 0.717) is 25.8 Å². The molecule has 2 aromatic carbocycles. The van der Waals surface area contributed by atoms with E-state index in [4.69, 9.17) is 18.9 Å². The molecular formula is C23H31O5P. The molecule has 0 spiro atoms. The summed E-state index contributed by atoms with van der Waals surface area (Å²) >= 11 is 0. The molecule has 0 aliphatic heterocycles. The highest BCUT2D eigenvalue weighted by Gasteiger charge is 2.33. The van der Waals surface area contributed by atoms with Gasteiger partial charge in [0.2, 0.25) is 0 Å². The van der Waals surface area contributed by atoms with Gasteiger partial charge in [-0.1, -0.05) is 53.1 Å². The van der Waals surface area contributed by atoms with Crippen molar-refractivity contribution in [1.29, 1.82) is 0 Å². The van der Waals surface area contributed by atoms with E-state index in [1.54, 1.807) is 28.3 Å². The number of ketones is 1. The second-order valence-electron chi connectivity index (χ2n) is 7.07. The van der Waals surface area contributed by atoms with Gasteiger partial charge in [0.05, 0.1) is 14.2 Å². The largest absolute Gasteiger partial charge is 0.497 e. The number of carbonyl (C=O) groups is 1. The van der Waals surface area contributed by atoms with Crippen molar-refractivity contribution in [1.82, 2.24) is 0 Å². The van der Waals surface area contributed by atoms with Crippen molar-refractivity contribution >= 4 is 19.7 Å². The summed E-state index contributed by atoms with van der Waals surface area (Å²) in [6, 6.07) is 11.6. The van der Waals surface area contributed by atoms with E-state index >= 15 is 0 Å². The summed E-state index contributed by atoms with van der Waals surface area (Å²) in [5, 5.41) is 0.779. The molecule has 29 heavy (non-hydrogen) atoms. The predicted molar refractivity (Wildman–Crippen MR) is 119 cm³/mol. The first-order valence-corrected chi connectivity index (χ1v) is 10.7. The molecule has 2 aromatic rings. The molecule has 0 N–H and O–H groups in total. The lowest BCUT2D eigenvalue weighted by Crippen LogP contribution is -2.23. The van der Waals surface area contributed by atoms with Crippen molar-refractivity contribution in [3.05, 3.63) is 47.5 Å². The van der Waals surface area contributed by atoms with Crippen molar-refractivity contribution in [2.24, 2.45) is 0 Å². The molecule has 2 unspecified atom stereocenters. The fourth-order valence-corrected chi connectivity index (χ4v) is 5.35. The molecule has 5 nitrogen and oxygen atoms in total. The fourth-order valence-electron chi connectivity index (χ4n) is 3.48. The van der Waals surface area contributed by atoms with Crippen LogP contribution in [0, 0.1) is 0 Å². The zero-order valence-corrected chi connectivity index (χ0v) is 19.1. The molecule has 158 valence electrons. The van der Waals surface area contributed by atoms with Crippen molar-refractivity contribution in [2.75, 3.05) is 28.1 Å². The van der Waals surface area contributed by atoms with E-state index in [1.165, 1.54) is 0 Å². The lowest BCUT2D eigenvalue weighted by Gasteiger charge is -2.33. The molecule has 0 aromatic heterocycles. The minimum Gasteiger partial charge on any atom is -0.497 e. The van der Waals surface area contributed by atoms with Gasteiger partial charge in [-0.2, -0.15) is 0 Å². The van der Waals surface area contributed by atoms with Crippen LogP contribution in [0.3, 0.4) is 0 Å². The van der Waals surface area contributed by atoms with Gasteiger partial charge < -0.3 is 18.9 Å². The standard InChI is InChI=1S/C23H31O5P/c1-7-12-23(3,29-21-11-9-8-10-18(21)16(2)24)19-13-17(26-5)14-20(27-6)22(19)28-15-25-4/h8-11,13-14,29H,7,12,15H2,1-6H3. The van der Waals surface area contributed by atoms with E-state index in [-0.39, 0.29) is 17.7 Å². The van der Waals surface area contributed by atoms with Crippen LogP contribution in [0.1, 0.15) is 49.5 Å². The number of carbonyl (C=O) groups excluding carboxylic acids is 1. The van der Waals surface area contributed by atoms with Crippen LogP contribution in [0.25, 0.3) is 0 Å². The van der Waals surface area contributed by atoms with Crippen LogP contribution in [0.5, 0.6) is 17.2 Å². The van der Waals surface area contributed by atoms with Crippen LogP contribution >= 0.6 is 8.58 Å². The molecule has 0 radical (unpaired) electrons. The maximum absolute atomic E-state index is 12.2. The Kier molecular flexibility index (Phi) is 8.48. The molecule has 2 atom stereocenters. The van der Waals surface area contributed by atoms with E-state index < -0.39 is 0 Å². The Morgan fingerprint density at radius 2 is 1.83 bits per heavy atom. The third kappa shape index (κ3) is 5.49. The summed E-state index contributed by atoms with van der Waals surface area (Å²) in [5.41, 5.74) is 1.76. The van der Waals surface area contributed by atoms with Crippen LogP contribution in [-0.2, 0) is 9.89 Å². The maximum atomic E-state index is 12.2. The SMILES string of the molecule is CCCC(C)(Pc1ccccc1C(C)=O)c1cc(OC)cc(OC)c1OCOC. The quantitative estimate of drug-likeness (QED) is 0.295. The summed E-state index contributed by atoms with van der Waals surface area (Å²) < 4.78 is 22.2.